The van der Waals surface area contributed by atoms with E-state index >= 15 is 0 Å². The lowest BCUT2D eigenvalue weighted by atomic mass is 9.96. The summed E-state index contributed by atoms with van der Waals surface area (Å²) in [4.78, 5) is 10.8. The van der Waals surface area contributed by atoms with Gasteiger partial charge in [-0.25, -0.2) is 9.98 Å². The summed E-state index contributed by atoms with van der Waals surface area (Å²) in [5.41, 5.74) is 7.03. The van der Waals surface area contributed by atoms with Crippen LogP contribution in [0.1, 0.15) is 22.9 Å². The van der Waals surface area contributed by atoms with Crippen molar-refractivity contribution < 1.29 is 4.42 Å². The molecule has 0 saturated heterocycles. The highest BCUT2D eigenvalue weighted by Gasteiger charge is 2.26. The number of hydrogen-bond acceptors (Lipinski definition) is 6. The maximum Gasteiger partial charge on any atom is 0.160 e. The number of fused-ring (bicyclic) bond motifs is 10. The van der Waals surface area contributed by atoms with Crippen LogP contribution in [0.5, 0.6) is 0 Å². The van der Waals surface area contributed by atoms with Crippen LogP contribution in [0.2, 0.25) is 0 Å². The average molecular weight is 740 g/mol. The van der Waals surface area contributed by atoms with Gasteiger partial charge in [-0.15, -0.1) is 22.7 Å². The second kappa shape index (κ2) is 12.0. The fourth-order valence-corrected chi connectivity index (χ4v) is 10.8. The molecule has 1 aliphatic rings. The third kappa shape index (κ3) is 4.75. The molecule has 4 heterocycles. The zero-order valence-corrected chi connectivity index (χ0v) is 30.9. The molecule has 0 bridgehead atoms. The molecule has 3 aromatic heterocycles. The molecule has 0 amide bonds. The standard InChI is InChI=1S/C49H29N3OS2/c1-2-12-29-27-30(26-25-28(29)11-1)47-50-48(52-49(51-47)38-20-8-17-34-31-13-3-5-22-40(31)55-46(34)38)37-19-9-21-39-43(37)36-18-7-16-33(45(36)53-39)32-15-10-24-42-44(32)35-14-4-6-23-41(35)54-42/h1-27,49H,(H,50,51,52). The molecule has 0 fully saturated rings. The van der Waals surface area contributed by atoms with E-state index in [0.717, 1.165) is 50.0 Å². The van der Waals surface area contributed by atoms with Gasteiger partial charge in [-0.1, -0.05) is 133 Å². The normalized spacial score (nSPS) is 14.7. The Labute approximate surface area is 323 Å². The molecule has 258 valence electrons. The van der Waals surface area contributed by atoms with Crippen LogP contribution in [0.3, 0.4) is 0 Å². The first kappa shape index (κ1) is 30.8. The van der Waals surface area contributed by atoms with Crippen LogP contribution in [-0.2, 0) is 0 Å². The molecule has 1 aliphatic heterocycles. The third-order valence-electron chi connectivity index (χ3n) is 11.0. The van der Waals surface area contributed by atoms with E-state index in [-0.39, 0.29) is 6.17 Å². The summed E-state index contributed by atoms with van der Waals surface area (Å²) in [6.07, 6.45) is -0.362. The van der Waals surface area contributed by atoms with Gasteiger partial charge in [0.15, 0.2) is 5.84 Å². The first-order chi connectivity index (χ1) is 27.2. The van der Waals surface area contributed by atoms with Crippen molar-refractivity contribution in [1.82, 2.24) is 5.32 Å². The molecule has 12 rings (SSSR count). The summed E-state index contributed by atoms with van der Waals surface area (Å²) in [5, 5.41) is 13.2. The Hall–Kier alpha value is -6.60. The van der Waals surface area contributed by atoms with Crippen molar-refractivity contribution in [3.05, 3.63) is 180 Å². The monoisotopic (exact) mass is 739 g/mol. The number of aliphatic imine (C=N–C) groups is 2. The minimum atomic E-state index is -0.362. The molecule has 0 saturated carbocycles. The van der Waals surface area contributed by atoms with Gasteiger partial charge >= 0.3 is 0 Å². The summed E-state index contributed by atoms with van der Waals surface area (Å²) in [6, 6.07) is 58.3. The van der Waals surface area contributed by atoms with Crippen LogP contribution >= 0.6 is 22.7 Å². The van der Waals surface area contributed by atoms with E-state index in [0.29, 0.717) is 5.84 Å². The van der Waals surface area contributed by atoms with Gasteiger partial charge in [0.05, 0.1) is 0 Å². The molecular weight excluding hydrogens is 711 g/mol. The van der Waals surface area contributed by atoms with Crippen LogP contribution in [0.25, 0.3) is 84.2 Å². The van der Waals surface area contributed by atoms with Crippen molar-refractivity contribution >= 4 is 107 Å². The minimum absolute atomic E-state index is 0.362. The number of thiophene rings is 2. The highest BCUT2D eigenvalue weighted by molar-refractivity contribution is 7.26. The van der Waals surface area contributed by atoms with Gasteiger partial charge in [0, 0.05) is 73.4 Å². The zero-order chi connectivity index (χ0) is 36.0. The van der Waals surface area contributed by atoms with E-state index in [1.807, 2.05) is 22.7 Å². The summed E-state index contributed by atoms with van der Waals surface area (Å²) < 4.78 is 11.9. The molecule has 0 aliphatic carbocycles. The molecule has 11 aromatic rings. The van der Waals surface area contributed by atoms with E-state index in [1.54, 1.807) is 0 Å². The van der Waals surface area contributed by atoms with Gasteiger partial charge in [0.25, 0.3) is 0 Å². The van der Waals surface area contributed by atoms with Crippen molar-refractivity contribution in [3.8, 4) is 11.1 Å². The Morgan fingerprint density at radius 3 is 2.13 bits per heavy atom. The molecule has 1 atom stereocenters. The van der Waals surface area contributed by atoms with Gasteiger partial charge in [-0.2, -0.15) is 0 Å². The van der Waals surface area contributed by atoms with Crippen LogP contribution < -0.4 is 5.32 Å². The fraction of sp³-hybridized carbons (Fsp3) is 0.0204. The maximum atomic E-state index is 6.86. The predicted octanol–water partition coefficient (Wildman–Crippen LogP) is 13.6. The van der Waals surface area contributed by atoms with Crippen LogP contribution in [-0.4, -0.2) is 11.7 Å². The van der Waals surface area contributed by atoms with E-state index in [4.69, 9.17) is 14.4 Å². The lowest BCUT2D eigenvalue weighted by Crippen LogP contribution is -2.33. The Balaban J connectivity index is 1.08. The molecule has 0 radical (unpaired) electrons. The van der Waals surface area contributed by atoms with Crippen LogP contribution in [0.4, 0.5) is 0 Å². The van der Waals surface area contributed by atoms with Gasteiger partial charge in [-0.3, -0.25) is 0 Å². The minimum Gasteiger partial charge on any atom is -0.455 e. The van der Waals surface area contributed by atoms with Crippen molar-refractivity contribution in [1.29, 1.82) is 0 Å². The fourth-order valence-electron chi connectivity index (χ4n) is 8.44. The average Bonchev–Trinajstić information content (AvgIpc) is 3.95. The summed E-state index contributed by atoms with van der Waals surface area (Å²) in [7, 11) is 0. The Morgan fingerprint density at radius 1 is 0.509 bits per heavy atom. The number of hydrogen-bond donors (Lipinski definition) is 1. The number of furan rings is 1. The van der Waals surface area contributed by atoms with Crippen molar-refractivity contribution in [2.24, 2.45) is 9.98 Å². The van der Waals surface area contributed by atoms with Gasteiger partial charge in [0.2, 0.25) is 0 Å². The molecule has 1 unspecified atom stereocenters. The summed E-state index contributed by atoms with van der Waals surface area (Å²) >= 11 is 3.66. The molecule has 0 spiro atoms. The number of amidine groups is 2. The molecule has 4 nitrogen and oxygen atoms in total. The van der Waals surface area contributed by atoms with Gasteiger partial charge < -0.3 is 9.73 Å². The second-order valence-electron chi connectivity index (χ2n) is 14.1. The Morgan fingerprint density at radius 2 is 1.20 bits per heavy atom. The first-order valence-electron chi connectivity index (χ1n) is 18.4. The first-order valence-corrected chi connectivity index (χ1v) is 20.1. The highest BCUT2D eigenvalue weighted by atomic mass is 32.1. The number of rotatable bonds is 4. The number of nitrogens with one attached hydrogen (secondary N) is 1. The molecular formula is C49H29N3OS2. The van der Waals surface area contributed by atoms with E-state index in [2.05, 4.69) is 169 Å². The van der Waals surface area contributed by atoms with Gasteiger partial charge in [-0.05, 0) is 46.7 Å². The van der Waals surface area contributed by atoms with Crippen molar-refractivity contribution in [3.63, 3.8) is 0 Å². The SMILES string of the molecule is c1ccc2cc(C3=NC(c4cccc5oc6c(-c7cccc8sc9ccccc9c78)cccc6c45)=NC(c4cccc5c4sc4ccccc45)N3)ccc2c1. The van der Waals surface area contributed by atoms with Crippen LogP contribution in [0, 0.1) is 0 Å². The zero-order valence-electron chi connectivity index (χ0n) is 29.3. The second-order valence-corrected chi connectivity index (χ2v) is 16.2. The largest absolute Gasteiger partial charge is 0.455 e. The molecule has 8 aromatic carbocycles. The van der Waals surface area contributed by atoms with Gasteiger partial charge in [0.1, 0.15) is 23.2 Å². The predicted molar refractivity (Wildman–Crippen MR) is 234 cm³/mol. The smallest absolute Gasteiger partial charge is 0.160 e. The summed E-state index contributed by atoms with van der Waals surface area (Å²) in [6.45, 7) is 0. The summed E-state index contributed by atoms with van der Waals surface area (Å²) in [5.74, 6) is 1.47. The Kier molecular flexibility index (Phi) is 6.70. The maximum absolute atomic E-state index is 6.86. The molecule has 1 N–H and O–H groups in total. The van der Waals surface area contributed by atoms with Crippen molar-refractivity contribution in [2.75, 3.05) is 0 Å². The molecule has 55 heavy (non-hydrogen) atoms. The van der Waals surface area contributed by atoms with E-state index in [9.17, 15) is 0 Å². The lowest BCUT2D eigenvalue weighted by molar-refractivity contribution is 0.669. The highest BCUT2D eigenvalue weighted by Crippen LogP contribution is 2.45. The Bertz CT molecular complexity index is 3440. The number of benzene rings is 8. The number of para-hydroxylation sites is 1. The van der Waals surface area contributed by atoms with Crippen molar-refractivity contribution in [2.45, 2.75) is 6.17 Å². The van der Waals surface area contributed by atoms with Crippen LogP contribution in [0.15, 0.2) is 178 Å². The topological polar surface area (TPSA) is 49.9 Å². The lowest BCUT2D eigenvalue weighted by Gasteiger charge is -2.24. The van der Waals surface area contributed by atoms with E-state index in [1.165, 1.54) is 56.7 Å². The third-order valence-corrected chi connectivity index (χ3v) is 13.3. The number of nitrogens with zero attached hydrogens (tertiary/aromatic N) is 2. The molecule has 6 heteroatoms. The van der Waals surface area contributed by atoms with E-state index < -0.39 is 0 Å². The quantitative estimate of drug-likeness (QED) is 0.195.